The van der Waals surface area contributed by atoms with E-state index >= 15 is 0 Å². The molecule has 2 nitrogen and oxygen atoms in total. The standard InChI is InChI=1S/C10H12F2O2/c11-9(12)10(4-3-8(10)14)5-7(13)6-1-2-6/h6,9H,1-5H2. The predicted molar refractivity (Wildman–Crippen MR) is 45.0 cm³/mol. The van der Waals surface area contributed by atoms with Gasteiger partial charge in [-0.25, -0.2) is 8.78 Å². The third-order valence-corrected chi connectivity index (χ3v) is 3.29. The maximum absolute atomic E-state index is 12.7. The highest BCUT2D eigenvalue weighted by molar-refractivity contribution is 5.96. The van der Waals surface area contributed by atoms with Gasteiger partial charge in [-0.3, -0.25) is 9.59 Å². The molecule has 0 amide bonds. The van der Waals surface area contributed by atoms with Crippen molar-refractivity contribution >= 4 is 11.6 Å². The third kappa shape index (κ3) is 1.37. The van der Waals surface area contributed by atoms with E-state index in [-0.39, 0.29) is 31.0 Å². The van der Waals surface area contributed by atoms with Crippen LogP contribution in [0, 0.1) is 11.3 Å². The smallest absolute Gasteiger partial charge is 0.251 e. The first-order chi connectivity index (χ1) is 6.56. The first-order valence-corrected chi connectivity index (χ1v) is 4.90. The minimum Gasteiger partial charge on any atom is -0.299 e. The monoisotopic (exact) mass is 202 g/mol. The van der Waals surface area contributed by atoms with Gasteiger partial charge < -0.3 is 0 Å². The first-order valence-electron chi connectivity index (χ1n) is 4.90. The molecular weight excluding hydrogens is 190 g/mol. The molecule has 0 N–H and O–H groups in total. The van der Waals surface area contributed by atoms with Crippen LogP contribution in [0.2, 0.25) is 0 Å². The van der Waals surface area contributed by atoms with E-state index in [9.17, 15) is 18.4 Å². The Bertz CT molecular complexity index is 284. The second-order valence-electron chi connectivity index (χ2n) is 4.30. The van der Waals surface area contributed by atoms with E-state index in [0.29, 0.717) is 0 Å². The molecule has 78 valence electrons. The van der Waals surface area contributed by atoms with Crippen molar-refractivity contribution in [2.24, 2.45) is 11.3 Å². The summed E-state index contributed by atoms with van der Waals surface area (Å²) in [6.45, 7) is 0. The van der Waals surface area contributed by atoms with Crippen LogP contribution in [0.25, 0.3) is 0 Å². The van der Waals surface area contributed by atoms with Crippen molar-refractivity contribution < 1.29 is 18.4 Å². The predicted octanol–water partition coefficient (Wildman–Crippen LogP) is 1.97. The summed E-state index contributed by atoms with van der Waals surface area (Å²) >= 11 is 0. The van der Waals surface area contributed by atoms with Gasteiger partial charge in [-0.1, -0.05) is 0 Å². The fraction of sp³-hybridized carbons (Fsp3) is 0.800. The van der Waals surface area contributed by atoms with E-state index in [0.717, 1.165) is 12.8 Å². The molecule has 1 unspecified atom stereocenters. The summed E-state index contributed by atoms with van der Waals surface area (Å²) < 4.78 is 25.3. The van der Waals surface area contributed by atoms with E-state index in [1.165, 1.54) is 0 Å². The molecule has 4 heteroatoms. The van der Waals surface area contributed by atoms with Gasteiger partial charge in [-0.15, -0.1) is 0 Å². The molecule has 0 saturated heterocycles. The summed E-state index contributed by atoms with van der Waals surface area (Å²) in [5, 5.41) is 0. The molecule has 2 saturated carbocycles. The molecule has 1 atom stereocenters. The Hall–Kier alpha value is -0.800. The molecule has 2 rings (SSSR count). The number of alkyl halides is 2. The highest BCUT2D eigenvalue weighted by atomic mass is 19.3. The SMILES string of the molecule is O=C(CC1(C(F)F)CCC1=O)C1CC1. The summed E-state index contributed by atoms with van der Waals surface area (Å²) in [5.41, 5.74) is -1.60. The van der Waals surface area contributed by atoms with Crippen LogP contribution < -0.4 is 0 Å². The Morgan fingerprint density at radius 2 is 2.14 bits per heavy atom. The molecule has 0 aromatic carbocycles. The zero-order chi connectivity index (χ0) is 10.3. The van der Waals surface area contributed by atoms with Gasteiger partial charge in [-0.05, 0) is 19.3 Å². The number of halogens is 2. The summed E-state index contributed by atoms with van der Waals surface area (Å²) in [6.07, 6.45) is -0.886. The summed E-state index contributed by atoms with van der Waals surface area (Å²) in [7, 11) is 0. The van der Waals surface area contributed by atoms with Gasteiger partial charge in [0.2, 0.25) is 0 Å². The quantitative estimate of drug-likeness (QED) is 0.698. The van der Waals surface area contributed by atoms with Crippen LogP contribution in [0.15, 0.2) is 0 Å². The highest BCUT2D eigenvalue weighted by Crippen LogP contribution is 2.47. The molecule has 0 spiro atoms. The number of hydrogen-bond donors (Lipinski definition) is 0. The minimum absolute atomic E-state index is 0.0287. The Kier molecular flexibility index (Phi) is 2.16. The average Bonchev–Trinajstić information content (AvgIpc) is 2.93. The van der Waals surface area contributed by atoms with E-state index in [1.54, 1.807) is 0 Å². The van der Waals surface area contributed by atoms with Crippen LogP contribution in [0.1, 0.15) is 32.1 Å². The van der Waals surface area contributed by atoms with Crippen LogP contribution in [-0.2, 0) is 9.59 Å². The maximum atomic E-state index is 12.7. The van der Waals surface area contributed by atoms with E-state index in [4.69, 9.17) is 0 Å². The van der Waals surface area contributed by atoms with Crippen molar-refractivity contribution in [3.63, 3.8) is 0 Å². The number of ketones is 2. The molecule has 2 fully saturated rings. The molecule has 2 aliphatic rings. The molecule has 0 radical (unpaired) electrons. The Labute approximate surface area is 80.7 Å². The van der Waals surface area contributed by atoms with Crippen molar-refractivity contribution in [1.29, 1.82) is 0 Å². The Morgan fingerprint density at radius 3 is 2.43 bits per heavy atom. The maximum Gasteiger partial charge on any atom is 0.251 e. The van der Waals surface area contributed by atoms with Crippen LogP contribution in [0.3, 0.4) is 0 Å². The van der Waals surface area contributed by atoms with E-state index in [1.807, 2.05) is 0 Å². The topological polar surface area (TPSA) is 34.1 Å². The second-order valence-corrected chi connectivity index (χ2v) is 4.30. The van der Waals surface area contributed by atoms with Crippen LogP contribution in [0.4, 0.5) is 8.78 Å². The summed E-state index contributed by atoms with van der Waals surface area (Å²) in [5.74, 6) is -0.598. The molecular formula is C10H12F2O2. The lowest BCUT2D eigenvalue weighted by Crippen LogP contribution is -2.48. The van der Waals surface area contributed by atoms with Gasteiger partial charge in [0.05, 0.1) is 5.41 Å². The molecule has 0 aromatic rings. The van der Waals surface area contributed by atoms with Gasteiger partial charge in [0, 0.05) is 18.8 Å². The lowest BCUT2D eigenvalue weighted by Gasteiger charge is -2.38. The van der Waals surface area contributed by atoms with Crippen LogP contribution in [-0.4, -0.2) is 18.0 Å². The van der Waals surface area contributed by atoms with E-state index in [2.05, 4.69) is 0 Å². The minimum atomic E-state index is -2.67. The summed E-state index contributed by atoms with van der Waals surface area (Å²) in [4.78, 5) is 22.5. The highest BCUT2D eigenvalue weighted by Gasteiger charge is 2.55. The van der Waals surface area contributed by atoms with Crippen molar-refractivity contribution in [1.82, 2.24) is 0 Å². The lowest BCUT2D eigenvalue weighted by molar-refractivity contribution is -0.157. The Balaban J connectivity index is 2.04. The van der Waals surface area contributed by atoms with E-state index < -0.39 is 17.6 Å². The first kappa shape index (κ1) is 9.74. The molecule has 0 aliphatic heterocycles. The number of rotatable bonds is 4. The van der Waals surface area contributed by atoms with Crippen molar-refractivity contribution in [3.8, 4) is 0 Å². The van der Waals surface area contributed by atoms with Gasteiger partial charge >= 0.3 is 0 Å². The van der Waals surface area contributed by atoms with Gasteiger partial charge in [0.15, 0.2) is 0 Å². The van der Waals surface area contributed by atoms with Gasteiger partial charge in [-0.2, -0.15) is 0 Å². The number of carbonyl (C=O) groups is 2. The third-order valence-electron chi connectivity index (χ3n) is 3.29. The molecule has 0 heterocycles. The zero-order valence-electron chi connectivity index (χ0n) is 7.76. The van der Waals surface area contributed by atoms with Crippen molar-refractivity contribution in [2.45, 2.75) is 38.5 Å². The zero-order valence-corrected chi connectivity index (χ0v) is 7.76. The fourth-order valence-electron chi connectivity index (χ4n) is 1.90. The number of Topliss-reactive ketones (excluding diaryl/α,β-unsaturated/α-hetero) is 2. The largest absolute Gasteiger partial charge is 0.299 e. The van der Waals surface area contributed by atoms with Crippen LogP contribution in [0.5, 0.6) is 0 Å². The van der Waals surface area contributed by atoms with Gasteiger partial charge in [0.1, 0.15) is 11.6 Å². The molecule has 2 aliphatic carbocycles. The average molecular weight is 202 g/mol. The van der Waals surface area contributed by atoms with Crippen LogP contribution >= 0.6 is 0 Å². The Morgan fingerprint density at radius 1 is 1.50 bits per heavy atom. The fourth-order valence-corrected chi connectivity index (χ4v) is 1.90. The molecule has 0 bridgehead atoms. The number of hydrogen-bond acceptors (Lipinski definition) is 2. The molecule has 14 heavy (non-hydrogen) atoms. The van der Waals surface area contributed by atoms with Gasteiger partial charge in [0.25, 0.3) is 6.43 Å². The lowest BCUT2D eigenvalue weighted by atomic mass is 9.64. The van der Waals surface area contributed by atoms with Crippen molar-refractivity contribution in [2.75, 3.05) is 0 Å². The number of carbonyl (C=O) groups excluding carboxylic acids is 2. The van der Waals surface area contributed by atoms with Crippen molar-refractivity contribution in [3.05, 3.63) is 0 Å². The molecule has 0 aromatic heterocycles. The summed E-state index contributed by atoms with van der Waals surface area (Å²) in [6, 6.07) is 0. The normalized spacial score (nSPS) is 31.8. The second kappa shape index (κ2) is 3.11.